The van der Waals surface area contributed by atoms with Gasteiger partial charge in [0.2, 0.25) is 5.91 Å². The van der Waals surface area contributed by atoms with Crippen molar-refractivity contribution < 1.29 is 14.5 Å². The fraction of sp³-hybridized carbons (Fsp3) is 0.464. The van der Waals surface area contributed by atoms with Crippen LogP contribution in [0.15, 0.2) is 18.2 Å². The first-order valence-corrected chi connectivity index (χ1v) is 15.2. The summed E-state index contributed by atoms with van der Waals surface area (Å²) in [7, 11) is 0. The van der Waals surface area contributed by atoms with Crippen molar-refractivity contribution in [2.75, 3.05) is 38.0 Å². The van der Waals surface area contributed by atoms with Crippen LogP contribution >= 0.6 is 34.3 Å². The molecule has 5 rings (SSSR count). The van der Waals surface area contributed by atoms with E-state index in [4.69, 9.17) is 11.6 Å². The number of non-ortho nitro benzene ring substituents is 1. The Kier molecular flexibility index (Phi) is 7.90. The summed E-state index contributed by atoms with van der Waals surface area (Å²) >= 11 is 9.16. The van der Waals surface area contributed by atoms with Crippen LogP contribution < -0.4 is 5.32 Å². The number of nitro groups is 1. The van der Waals surface area contributed by atoms with Crippen molar-refractivity contribution in [3.63, 3.8) is 0 Å². The number of anilines is 1. The second-order valence-electron chi connectivity index (χ2n) is 11.4. The molecule has 1 aliphatic heterocycles. The molecule has 1 unspecified atom stereocenters. The average Bonchev–Trinajstić information content (AvgIpc) is 3.43. The van der Waals surface area contributed by atoms with Crippen molar-refractivity contribution >= 4 is 66.9 Å². The summed E-state index contributed by atoms with van der Waals surface area (Å²) in [4.78, 5) is 42.1. The number of nitrogens with zero attached hydrogens (tertiary/aromatic N) is 4. The first kappa shape index (κ1) is 28.5. The van der Waals surface area contributed by atoms with Gasteiger partial charge in [-0.05, 0) is 42.2 Å². The summed E-state index contributed by atoms with van der Waals surface area (Å²) in [6.07, 6.45) is 2.85. The number of thiophene rings is 2. The largest absolute Gasteiger partial charge is 0.335 e. The molecule has 0 saturated carbocycles. The number of rotatable bonds is 5. The number of nitriles is 1. The van der Waals surface area contributed by atoms with Gasteiger partial charge in [0.15, 0.2) is 0 Å². The topological polar surface area (TPSA) is 120 Å². The minimum Gasteiger partial charge on any atom is -0.335 e. The molecule has 1 saturated heterocycles. The lowest BCUT2D eigenvalue weighted by Gasteiger charge is -2.34. The number of hydrogen-bond donors (Lipinski definition) is 1. The number of nitrogens with one attached hydrogen (secondary N) is 1. The van der Waals surface area contributed by atoms with Crippen LogP contribution in [0, 0.1) is 32.8 Å². The Bertz CT molecular complexity index is 1540. The van der Waals surface area contributed by atoms with Crippen LogP contribution in [0.4, 0.5) is 10.7 Å². The molecule has 1 atom stereocenters. The summed E-state index contributed by atoms with van der Waals surface area (Å²) in [5.74, 6) is 0.166. The van der Waals surface area contributed by atoms with Crippen LogP contribution in [-0.4, -0.2) is 59.3 Å². The molecule has 1 aliphatic carbocycles. The van der Waals surface area contributed by atoms with Crippen molar-refractivity contribution in [1.82, 2.24) is 9.80 Å². The molecule has 9 nitrogen and oxygen atoms in total. The van der Waals surface area contributed by atoms with E-state index in [9.17, 15) is 25.0 Å². The molecule has 0 bridgehead atoms. The van der Waals surface area contributed by atoms with Crippen molar-refractivity contribution in [1.29, 1.82) is 5.26 Å². The maximum Gasteiger partial charge on any atom is 0.270 e. The third-order valence-corrected chi connectivity index (χ3v) is 10.7. The van der Waals surface area contributed by atoms with Crippen LogP contribution in [0.5, 0.6) is 0 Å². The first-order chi connectivity index (χ1) is 19.0. The molecule has 1 fully saturated rings. The van der Waals surface area contributed by atoms with Crippen LogP contribution in [0.3, 0.4) is 0 Å². The molecule has 1 aromatic carbocycles. The lowest BCUT2D eigenvalue weighted by molar-refractivity contribution is -0.384. The molecule has 0 radical (unpaired) electrons. The molecule has 0 spiro atoms. The van der Waals surface area contributed by atoms with E-state index in [0.717, 1.165) is 36.2 Å². The summed E-state index contributed by atoms with van der Waals surface area (Å²) in [6.45, 7) is 8.84. The summed E-state index contributed by atoms with van der Waals surface area (Å²) in [5.41, 5.74) is 1.84. The maximum absolute atomic E-state index is 13.2. The van der Waals surface area contributed by atoms with Gasteiger partial charge >= 0.3 is 0 Å². The fourth-order valence-electron chi connectivity index (χ4n) is 5.46. The number of carbonyl (C=O) groups is 2. The zero-order chi connectivity index (χ0) is 28.8. The van der Waals surface area contributed by atoms with Crippen molar-refractivity contribution in [3.8, 4) is 6.07 Å². The molecule has 210 valence electrons. The van der Waals surface area contributed by atoms with E-state index < -0.39 is 4.92 Å². The Morgan fingerprint density at radius 1 is 1.23 bits per heavy atom. The minimum atomic E-state index is -0.472. The van der Waals surface area contributed by atoms with E-state index in [1.807, 2.05) is 4.90 Å². The van der Waals surface area contributed by atoms with Gasteiger partial charge in [-0.1, -0.05) is 32.4 Å². The number of carbonyl (C=O) groups excluding carboxylic acids is 2. The molecule has 2 aliphatic rings. The zero-order valence-corrected chi connectivity index (χ0v) is 25.0. The van der Waals surface area contributed by atoms with Gasteiger partial charge in [0.1, 0.15) is 15.9 Å². The number of fused-ring (bicyclic) bond motifs is 2. The van der Waals surface area contributed by atoms with E-state index in [0.29, 0.717) is 62.6 Å². The standard InChI is InChI=1S/C28H30ClN5O4S2/c1-28(2,3)16-4-6-18-20(14-30)26(40-21(18)12-16)31-23(35)15-32-8-10-33(11-9-32)27(36)25-24(29)19-7-5-17(34(37)38)13-22(19)39-25/h5,7,13,16H,4,6,8-12,15H2,1-3H3,(H,31,35). The Labute approximate surface area is 245 Å². The smallest absolute Gasteiger partial charge is 0.270 e. The highest BCUT2D eigenvalue weighted by atomic mass is 35.5. The van der Waals surface area contributed by atoms with Gasteiger partial charge < -0.3 is 10.2 Å². The number of benzene rings is 1. The van der Waals surface area contributed by atoms with Crippen LogP contribution in [0.1, 0.15) is 52.9 Å². The minimum absolute atomic E-state index is 0.0463. The Morgan fingerprint density at radius 3 is 2.60 bits per heavy atom. The van der Waals surface area contributed by atoms with Crippen molar-refractivity contribution in [2.24, 2.45) is 11.3 Å². The third kappa shape index (κ3) is 5.59. The maximum atomic E-state index is 13.2. The van der Waals surface area contributed by atoms with Gasteiger partial charge in [0, 0.05) is 53.3 Å². The molecule has 3 aromatic rings. The number of amides is 2. The molecule has 1 N–H and O–H groups in total. The van der Waals surface area contributed by atoms with E-state index in [-0.39, 0.29) is 29.5 Å². The Morgan fingerprint density at radius 2 is 1.95 bits per heavy atom. The molecule has 2 amide bonds. The first-order valence-electron chi connectivity index (χ1n) is 13.2. The van der Waals surface area contributed by atoms with Gasteiger partial charge in [-0.15, -0.1) is 22.7 Å². The fourth-order valence-corrected chi connectivity index (χ4v) is 8.27. The van der Waals surface area contributed by atoms with E-state index in [1.165, 1.54) is 28.3 Å². The van der Waals surface area contributed by atoms with Gasteiger partial charge in [-0.3, -0.25) is 24.6 Å². The Balaban J connectivity index is 1.19. The molecule has 40 heavy (non-hydrogen) atoms. The zero-order valence-electron chi connectivity index (χ0n) is 22.6. The SMILES string of the molecule is CC(C)(C)C1CCc2c(sc(NC(=O)CN3CCN(C(=O)c4sc5cc([N+](=O)[O-])ccc5c4Cl)CC3)c2C#N)C1. The van der Waals surface area contributed by atoms with Crippen LogP contribution in [0.25, 0.3) is 10.1 Å². The summed E-state index contributed by atoms with van der Waals surface area (Å²) < 4.78 is 0.596. The molecule has 2 aromatic heterocycles. The molecule has 3 heterocycles. The quantitative estimate of drug-likeness (QED) is 0.286. The van der Waals surface area contributed by atoms with E-state index in [2.05, 4.69) is 32.2 Å². The van der Waals surface area contributed by atoms with E-state index >= 15 is 0 Å². The normalized spacial score (nSPS) is 17.9. The summed E-state index contributed by atoms with van der Waals surface area (Å²) in [6, 6.07) is 6.71. The third-order valence-electron chi connectivity index (χ3n) is 7.90. The van der Waals surface area contributed by atoms with Crippen LogP contribution in [-0.2, 0) is 17.6 Å². The van der Waals surface area contributed by atoms with Gasteiger partial charge in [0.05, 0.1) is 22.1 Å². The Hall–Kier alpha value is -3.04. The lowest BCUT2D eigenvalue weighted by atomic mass is 9.72. The molecular formula is C28H30ClN5O4S2. The number of halogens is 1. The monoisotopic (exact) mass is 599 g/mol. The molecule has 12 heteroatoms. The number of piperazine rings is 1. The second kappa shape index (κ2) is 11.1. The highest BCUT2D eigenvalue weighted by Gasteiger charge is 2.33. The predicted molar refractivity (Wildman–Crippen MR) is 158 cm³/mol. The average molecular weight is 600 g/mol. The highest BCUT2D eigenvalue weighted by Crippen LogP contribution is 2.44. The van der Waals surface area contributed by atoms with Gasteiger partial charge in [-0.25, -0.2) is 0 Å². The lowest BCUT2D eigenvalue weighted by Crippen LogP contribution is -2.50. The van der Waals surface area contributed by atoms with Gasteiger partial charge in [0.25, 0.3) is 11.6 Å². The van der Waals surface area contributed by atoms with Crippen molar-refractivity contribution in [3.05, 3.63) is 54.2 Å². The van der Waals surface area contributed by atoms with Crippen LogP contribution in [0.2, 0.25) is 5.02 Å². The second-order valence-corrected chi connectivity index (χ2v) is 14.0. The highest BCUT2D eigenvalue weighted by molar-refractivity contribution is 7.21. The van der Waals surface area contributed by atoms with Crippen molar-refractivity contribution in [2.45, 2.75) is 40.0 Å². The van der Waals surface area contributed by atoms with Gasteiger partial charge in [-0.2, -0.15) is 5.26 Å². The van der Waals surface area contributed by atoms with E-state index in [1.54, 1.807) is 11.0 Å². The predicted octanol–water partition coefficient (Wildman–Crippen LogP) is 5.94. The summed E-state index contributed by atoms with van der Waals surface area (Å²) in [5, 5.41) is 25.5. The molecular weight excluding hydrogens is 570 g/mol. The number of nitro benzene ring substituents is 1. The number of hydrogen-bond acceptors (Lipinski definition) is 8.